The summed E-state index contributed by atoms with van der Waals surface area (Å²) in [7, 11) is 1.68. The lowest BCUT2D eigenvalue weighted by Gasteiger charge is -2.19. The number of carbonyl (C=O) groups is 2. The van der Waals surface area contributed by atoms with Gasteiger partial charge >= 0.3 is 6.09 Å². The number of carbonyl (C=O) groups excluding carboxylic acids is 2. The van der Waals surface area contributed by atoms with Gasteiger partial charge in [-0.25, -0.2) is 4.79 Å². The van der Waals surface area contributed by atoms with Crippen LogP contribution < -0.4 is 10.6 Å². The number of ether oxygens (including phenoxy) is 2. The van der Waals surface area contributed by atoms with Gasteiger partial charge in [0, 0.05) is 24.6 Å². The Labute approximate surface area is 184 Å². The van der Waals surface area contributed by atoms with Crippen LogP contribution in [0.5, 0.6) is 0 Å². The first-order valence-electron chi connectivity index (χ1n) is 10.1. The molecule has 2 aromatic carbocycles. The SMILES string of the molecule is COC(C/C=C/C=C/C(=O)Nc1ccc(NC(=O)OC(C)(C)C)cc1)c1ccccc1. The van der Waals surface area contributed by atoms with Crippen LogP contribution in [-0.4, -0.2) is 24.7 Å². The molecule has 2 N–H and O–H groups in total. The topological polar surface area (TPSA) is 76.7 Å². The fourth-order valence-corrected chi connectivity index (χ4v) is 2.70. The Bertz CT molecular complexity index is 897. The summed E-state index contributed by atoms with van der Waals surface area (Å²) in [4.78, 5) is 23.8. The van der Waals surface area contributed by atoms with Crippen LogP contribution in [0, 0.1) is 0 Å². The normalized spacial score (nSPS) is 12.6. The monoisotopic (exact) mass is 422 g/mol. The van der Waals surface area contributed by atoms with E-state index in [4.69, 9.17) is 9.47 Å². The molecule has 0 aliphatic carbocycles. The molecule has 0 saturated carbocycles. The first kappa shape index (κ1) is 23.9. The number of benzene rings is 2. The quantitative estimate of drug-likeness (QED) is 0.412. The Kier molecular flexibility index (Phi) is 9.03. The molecule has 0 spiro atoms. The second-order valence-corrected chi connectivity index (χ2v) is 7.85. The fraction of sp³-hybridized carbons (Fsp3) is 0.280. The van der Waals surface area contributed by atoms with Crippen molar-refractivity contribution in [2.45, 2.75) is 38.9 Å². The van der Waals surface area contributed by atoms with Crippen molar-refractivity contribution in [1.29, 1.82) is 0 Å². The van der Waals surface area contributed by atoms with Crippen molar-refractivity contribution in [2.24, 2.45) is 0 Å². The minimum Gasteiger partial charge on any atom is -0.444 e. The average Bonchev–Trinajstić information content (AvgIpc) is 2.71. The summed E-state index contributed by atoms with van der Waals surface area (Å²) in [6.07, 6.45) is 7.08. The molecule has 2 aromatic rings. The Morgan fingerprint density at radius 3 is 2.13 bits per heavy atom. The minimum absolute atomic E-state index is 0.0209. The molecule has 0 heterocycles. The van der Waals surface area contributed by atoms with Crippen molar-refractivity contribution in [3.8, 4) is 0 Å². The lowest BCUT2D eigenvalue weighted by molar-refractivity contribution is -0.111. The zero-order chi connectivity index (χ0) is 22.7. The molecule has 2 rings (SSSR count). The van der Waals surface area contributed by atoms with Gasteiger partial charge in [0.25, 0.3) is 0 Å². The van der Waals surface area contributed by atoms with E-state index in [-0.39, 0.29) is 12.0 Å². The number of rotatable bonds is 8. The van der Waals surface area contributed by atoms with Crippen LogP contribution in [0.15, 0.2) is 78.9 Å². The van der Waals surface area contributed by atoms with Crippen LogP contribution >= 0.6 is 0 Å². The van der Waals surface area contributed by atoms with Gasteiger partial charge in [-0.05, 0) is 57.0 Å². The van der Waals surface area contributed by atoms with E-state index >= 15 is 0 Å². The van der Waals surface area contributed by atoms with Crippen LogP contribution in [0.1, 0.15) is 38.9 Å². The molecule has 1 atom stereocenters. The van der Waals surface area contributed by atoms with Gasteiger partial charge in [0.15, 0.2) is 0 Å². The Morgan fingerprint density at radius 1 is 0.935 bits per heavy atom. The number of anilines is 2. The minimum atomic E-state index is -0.565. The molecular weight excluding hydrogens is 392 g/mol. The first-order valence-corrected chi connectivity index (χ1v) is 10.1. The number of nitrogens with one attached hydrogen (secondary N) is 2. The summed E-state index contributed by atoms with van der Waals surface area (Å²) in [5, 5.41) is 5.41. The highest BCUT2D eigenvalue weighted by Crippen LogP contribution is 2.20. The Balaban J connectivity index is 1.79. The molecule has 0 fully saturated rings. The van der Waals surface area contributed by atoms with E-state index in [1.54, 1.807) is 58.2 Å². The number of methoxy groups -OCH3 is 1. The highest BCUT2D eigenvalue weighted by Gasteiger charge is 2.16. The molecule has 6 nitrogen and oxygen atoms in total. The molecule has 0 aliphatic heterocycles. The maximum Gasteiger partial charge on any atom is 0.412 e. The van der Waals surface area contributed by atoms with Gasteiger partial charge in [-0.1, -0.05) is 48.6 Å². The van der Waals surface area contributed by atoms with Crippen LogP contribution in [-0.2, 0) is 14.3 Å². The lowest BCUT2D eigenvalue weighted by Crippen LogP contribution is -2.27. The number of hydrogen-bond acceptors (Lipinski definition) is 4. The molecule has 0 aromatic heterocycles. The molecule has 6 heteroatoms. The van der Waals surface area contributed by atoms with E-state index in [9.17, 15) is 9.59 Å². The van der Waals surface area contributed by atoms with Crippen LogP contribution in [0.4, 0.5) is 16.2 Å². The smallest absolute Gasteiger partial charge is 0.412 e. The third-order valence-corrected chi connectivity index (χ3v) is 4.10. The largest absolute Gasteiger partial charge is 0.444 e. The van der Waals surface area contributed by atoms with Crippen molar-refractivity contribution >= 4 is 23.4 Å². The summed E-state index contributed by atoms with van der Waals surface area (Å²) in [6.45, 7) is 5.40. The van der Waals surface area contributed by atoms with Gasteiger partial charge < -0.3 is 14.8 Å². The molecule has 0 radical (unpaired) electrons. The van der Waals surface area contributed by atoms with Gasteiger partial charge in [0.1, 0.15) is 5.60 Å². The van der Waals surface area contributed by atoms with E-state index in [0.717, 1.165) is 5.56 Å². The van der Waals surface area contributed by atoms with Gasteiger partial charge in [-0.15, -0.1) is 0 Å². The van der Waals surface area contributed by atoms with Gasteiger partial charge in [0.2, 0.25) is 5.91 Å². The Hall–Kier alpha value is -3.38. The van der Waals surface area contributed by atoms with Crippen molar-refractivity contribution in [1.82, 2.24) is 0 Å². The second kappa shape index (κ2) is 11.7. The highest BCUT2D eigenvalue weighted by molar-refractivity contribution is 5.99. The predicted molar refractivity (Wildman–Crippen MR) is 124 cm³/mol. The van der Waals surface area contributed by atoms with Crippen molar-refractivity contribution < 1.29 is 19.1 Å². The van der Waals surface area contributed by atoms with Crippen molar-refractivity contribution in [3.63, 3.8) is 0 Å². The molecule has 164 valence electrons. The summed E-state index contributed by atoms with van der Waals surface area (Å²) in [5.74, 6) is -0.246. The van der Waals surface area contributed by atoms with E-state index in [0.29, 0.717) is 17.8 Å². The Morgan fingerprint density at radius 2 is 1.55 bits per heavy atom. The third kappa shape index (κ3) is 9.31. The van der Waals surface area contributed by atoms with Crippen LogP contribution in [0.25, 0.3) is 0 Å². The van der Waals surface area contributed by atoms with Crippen LogP contribution in [0.3, 0.4) is 0 Å². The molecule has 0 saturated heterocycles. The van der Waals surface area contributed by atoms with E-state index in [1.165, 1.54) is 6.08 Å². The van der Waals surface area contributed by atoms with Crippen molar-refractivity contribution in [3.05, 3.63) is 84.5 Å². The molecule has 31 heavy (non-hydrogen) atoms. The first-order chi connectivity index (χ1) is 14.8. The summed E-state index contributed by atoms with van der Waals surface area (Å²) < 4.78 is 10.7. The van der Waals surface area contributed by atoms with E-state index in [2.05, 4.69) is 10.6 Å². The zero-order valence-electron chi connectivity index (χ0n) is 18.4. The summed E-state index contributed by atoms with van der Waals surface area (Å²) >= 11 is 0. The summed E-state index contributed by atoms with van der Waals surface area (Å²) in [5.41, 5.74) is 1.75. The van der Waals surface area contributed by atoms with Gasteiger partial charge in [-0.2, -0.15) is 0 Å². The van der Waals surface area contributed by atoms with Crippen LogP contribution in [0.2, 0.25) is 0 Å². The lowest BCUT2D eigenvalue weighted by atomic mass is 10.1. The second-order valence-electron chi connectivity index (χ2n) is 7.85. The molecular formula is C25H30N2O4. The number of hydrogen-bond donors (Lipinski definition) is 2. The fourth-order valence-electron chi connectivity index (χ4n) is 2.70. The van der Waals surface area contributed by atoms with Gasteiger partial charge in [-0.3, -0.25) is 10.1 Å². The molecule has 0 aliphatic rings. The maximum atomic E-state index is 12.1. The molecule has 1 unspecified atom stereocenters. The van der Waals surface area contributed by atoms with Gasteiger partial charge in [0.05, 0.1) is 6.10 Å². The predicted octanol–water partition coefficient (Wildman–Crippen LogP) is 5.86. The molecule has 2 amide bonds. The zero-order valence-corrected chi connectivity index (χ0v) is 18.4. The number of allylic oxidation sites excluding steroid dienone is 2. The highest BCUT2D eigenvalue weighted by atomic mass is 16.6. The standard InChI is InChI=1S/C25H30N2O4/c1-25(2,3)31-24(29)27-21-17-15-20(16-18-21)26-23(28)14-10-6-9-13-22(30-4)19-11-7-5-8-12-19/h5-12,14-18,22H,13H2,1-4H3,(H,26,28)(H,27,29)/b9-6+,14-10+. The third-order valence-electron chi connectivity index (χ3n) is 4.10. The van der Waals surface area contributed by atoms with Crippen molar-refractivity contribution in [2.75, 3.05) is 17.7 Å². The average molecular weight is 423 g/mol. The summed E-state index contributed by atoms with van der Waals surface area (Å²) in [6, 6.07) is 16.8. The molecule has 0 bridgehead atoms. The maximum absolute atomic E-state index is 12.1. The van der Waals surface area contributed by atoms with E-state index < -0.39 is 11.7 Å². The number of amides is 2. The van der Waals surface area contributed by atoms with E-state index in [1.807, 2.05) is 42.5 Å².